The monoisotopic (exact) mass is 364 g/mol. The Kier molecular flexibility index (Phi) is 18.9. The number of carbonyl (C=O) groups excluding carboxylic acids is 2. The third-order valence-corrected chi connectivity index (χ3v) is 4.49. The van der Waals surface area contributed by atoms with E-state index in [0.717, 1.165) is 32.1 Å². The Morgan fingerprint density at radius 2 is 1.28 bits per heavy atom. The quantitative estimate of drug-likeness (QED) is 0.180. The van der Waals surface area contributed by atoms with E-state index in [1.165, 1.54) is 51.4 Å². The predicted octanol–water partition coefficient (Wildman–Crippen LogP) is 1.54. The van der Waals surface area contributed by atoms with Crippen molar-refractivity contribution in [1.29, 1.82) is 0 Å². The molecule has 1 atom stereocenters. The summed E-state index contributed by atoms with van der Waals surface area (Å²) in [6.07, 6.45) is 14.5. The summed E-state index contributed by atoms with van der Waals surface area (Å²) in [4.78, 5) is 22.1. The van der Waals surface area contributed by atoms with Crippen LogP contribution in [-0.4, -0.2) is 17.5 Å². The number of ether oxygens (including phenoxy) is 1. The average molecular weight is 365 g/mol. The molecule has 0 spiro atoms. The van der Waals surface area contributed by atoms with E-state index >= 15 is 0 Å². The van der Waals surface area contributed by atoms with Crippen LogP contribution in [0.1, 0.15) is 111 Å². The molecule has 0 N–H and O–H groups in total. The summed E-state index contributed by atoms with van der Waals surface area (Å²) < 4.78 is 5.41. The molecule has 4 nitrogen and oxygen atoms in total. The Morgan fingerprint density at radius 1 is 0.800 bits per heavy atom. The molecule has 0 aromatic carbocycles. The van der Waals surface area contributed by atoms with Crippen molar-refractivity contribution in [2.24, 2.45) is 0 Å². The molecular weight excluding hydrogens is 327 g/mol. The third-order valence-electron chi connectivity index (χ3n) is 4.49. The molecule has 0 radical (unpaired) electrons. The summed E-state index contributed by atoms with van der Waals surface area (Å²) in [5.41, 5.74) is -0.540. The molecule has 142 valence electrons. The summed E-state index contributed by atoms with van der Waals surface area (Å²) >= 11 is 0. The second-order valence-electron chi connectivity index (χ2n) is 7.15. The van der Waals surface area contributed by atoms with Crippen LogP contribution in [0.4, 0.5) is 0 Å². The number of carboxylic acid groups (broad SMARTS) is 1. The molecule has 5 heteroatoms. The van der Waals surface area contributed by atoms with E-state index in [2.05, 4.69) is 6.92 Å². The molecule has 1 unspecified atom stereocenters. The molecule has 0 aliphatic rings. The van der Waals surface area contributed by atoms with Gasteiger partial charge in [0.1, 0.15) is 5.60 Å². The number of hydrogen-bond donors (Lipinski definition) is 0. The van der Waals surface area contributed by atoms with Gasteiger partial charge in [-0.25, -0.2) is 0 Å². The van der Waals surface area contributed by atoms with Crippen LogP contribution >= 0.6 is 0 Å². The molecule has 0 saturated heterocycles. The van der Waals surface area contributed by atoms with Crippen molar-refractivity contribution >= 4 is 11.9 Å². The SMILES string of the molecule is CCCCCCCCCCCCC(C)(CCC)OC(=O)CC(=O)[O-].[Na+]. The fourth-order valence-electron chi connectivity index (χ4n) is 3.17. The van der Waals surface area contributed by atoms with Crippen LogP contribution in [0.15, 0.2) is 0 Å². The van der Waals surface area contributed by atoms with Gasteiger partial charge in [-0.1, -0.05) is 78.1 Å². The van der Waals surface area contributed by atoms with E-state index in [4.69, 9.17) is 4.74 Å². The van der Waals surface area contributed by atoms with Crippen LogP contribution in [0.25, 0.3) is 0 Å². The second kappa shape index (κ2) is 17.4. The smallest absolute Gasteiger partial charge is 0.550 e. The van der Waals surface area contributed by atoms with Gasteiger partial charge in [0.2, 0.25) is 0 Å². The van der Waals surface area contributed by atoms with Gasteiger partial charge in [-0.15, -0.1) is 0 Å². The van der Waals surface area contributed by atoms with Crippen molar-refractivity contribution in [3.05, 3.63) is 0 Å². The van der Waals surface area contributed by atoms with E-state index in [1.807, 2.05) is 13.8 Å². The Morgan fingerprint density at radius 3 is 1.72 bits per heavy atom. The standard InChI is InChI=1S/C20H38O4.Na/c1-4-6-7-8-9-10-11-12-13-14-16-20(3,15-5-2)24-19(23)17-18(21)22;/h4-17H2,1-3H3,(H,21,22);/q;+1/p-1. The fourth-order valence-corrected chi connectivity index (χ4v) is 3.17. The minimum absolute atomic E-state index is 0. The molecule has 0 aliphatic carbocycles. The maximum absolute atomic E-state index is 11.6. The van der Waals surface area contributed by atoms with Crippen LogP contribution in [0.5, 0.6) is 0 Å². The molecule has 25 heavy (non-hydrogen) atoms. The van der Waals surface area contributed by atoms with Crippen LogP contribution in [0.2, 0.25) is 0 Å². The van der Waals surface area contributed by atoms with Crippen LogP contribution in [-0.2, 0) is 14.3 Å². The summed E-state index contributed by atoms with van der Waals surface area (Å²) in [6.45, 7) is 6.20. The van der Waals surface area contributed by atoms with E-state index in [1.54, 1.807) is 0 Å². The number of unbranched alkanes of at least 4 members (excludes halogenated alkanes) is 9. The molecule has 0 bridgehead atoms. The first-order valence-corrected chi connectivity index (χ1v) is 9.85. The average Bonchev–Trinajstić information content (AvgIpc) is 2.48. The van der Waals surface area contributed by atoms with Crippen molar-refractivity contribution in [3.63, 3.8) is 0 Å². The third kappa shape index (κ3) is 17.1. The van der Waals surface area contributed by atoms with E-state index in [-0.39, 0.29) is 29.6 Å². The van der Waals surface area contributed by atoms with Gasteiger partial charge < -0.3 is 14.6 Å². The maximum atomic E-state index is 11.6. The van der Waals surface area contributed by atoms with Crippen LogP contribution in [0.3, 0.4) is 0 Å². The van der Waals surface area contributed by atoms with E-state index in [9.17, 15) is 14.7 Å². The predicted molar refractivity (Wildman–Crippen MR) is 95.5 cm³/mol. The molecule has 0 fully saturated rings. The summed E-state index contributed by atoms with van der Waals surface area (Å²) in [6, 6.07) is 0. The molecule has 0 aliphatic heterocycles. The number of rotatable bonds is 16. The largest absolute Gasteiger partial charge is 1.00 e. The summed E-state index contributed by atoms with van der Waals surface area (Å²) in [5.74, 6) is -2.06. The number of carboxylic acids is 1. The zero-order valence-electron chi connectivity index (χ0n) is 17.0. The zero-order valence-corrected chi connectivity index (χ0v) is 19.0. The molecule has 0 rings (SSSR count). The zero-order chi connectivity index (χ0) is 18.3. The van der Waals surface area contributed by atoms with E-state index < -0.39 is 24.0 Å². The normalized spacial score (nSPS) is 12.9. The molecular formula is C20H37NaO4. The van der Waals surface area contributed by atoms with Crippen LogP contribution in [0, 0.1) is 0 Å². The Balaban J connectivity index is 0. The van der Waals surface area contributed by atoms with Gasteiger partial charge in [-0.3, -0.25) is 4.79 Å². The first kappa shape index (κ1) is 27.2. The van der Waals surface area contributed by atoms with Gasteiger partial charge >= 0.3 is 35.5 Å². The first-order valence-electron chi connectivity index (χ1n) is 9.85. The van der Waals surface area contributed by atoms with Gasteiger partial charge in [0.15, 0.2) is 0 Å². The van der Waals surface area contributed by atoms with Crippen molar-refractivity contribution in [2.75, 3.05) is 0 Å². The molecule has 0 saturated carbocycles. The van der Waals surface area contributed by atoms with Crippen molar-refractivity contribution in [2.45, 2.75) is 116 Å². The Labute approximate surface area is 176 Å². The number of hydrogen-bond acceptors (Lipinski definition) is 4. The minimum atomic E-state index is -1.38. The fraction of sp³-hybridized carbons (Fsp3) is 0.900. The van der Waals surface area contributed by atoms with Gasteiger partial charge in [-0.05, 0) is 26.2 Å². The molecule has 0 heterocycles. The Hall–Kier alpha value is -0.0600. The minimum Gasteiger partial charge on any atom is -0.550 e. The van der Waals surface area contributed by atoms with Crippen molar-refractivity contribution in [1.82, 2.24) is 0 Å². The first-order chi connectivity index (χ1) is 11.4. The van der Waals surface area contributed by atoms with E-state index in [0.29, 0.717) is 0 Å². The Bertz CT molecular complexity index is 347. The molecule has 0 aromatic rings. The second-order valence-corrected chi connectivity index (χ2v) is 7.15. The van der Waals surface area contributed by atoms with Crippen molar-refractivity contribution in [3.8, 4) is 0 Å². The molecule has 0 amide bonds. The topological polar surface area (TPSA) is 66.4 Å². The summed E-state index contributed by atoms with van der Waals surface area (Å²) in [5, 5.41) is 10.5. The van der Waals surface area contributed by atoms with Gasteiger partial charge in [0.25, 0.3) is 0 Å². The molecule has 0 aromatic heterocycles. The van der Waals surface area contributed by atoms with Gasteiger partial charge in [0, 0.05) is 0 Å². The summed E-state index contributed by atoms with van der Waals surface area (Å²) in [7, 11) is 0. The number of carbonyl (C=O) groups is 2. The van der Waals surface area contributed by atoms with Crippen LogP contribution < -0.4 is 34.7 Å². The number of aliphatic carboxylic acids is 1. The van der Waals surface area contributed by atoms with Crippen molar-refractivity contribution < 1.29 is 49.0 Å². The van der Waals surface area contributed by atoms with Gasteiger partial charge in [0.05, 0.1) is 12.4 Å². The van der Waals surface area contributed by atoms with Gasteiger partial charge in [-0.2, -0.15) is 0 Å². The number of esters is 1. The maximum Gasteiger partial charge on any atom is 1.00 e.